The lowest BCUT2D eigenvalue weighted by molar-refractivity contribution is 0.987. The van der Waals surface area contributed by atoms with Gasteiger partial charge in [0.15, 0.2) is 0 Å². The van der Waals surface area contributed by atoms with Crippen molar-refractivity contribution in [2.24, 2.45) is 10.2 Å². The van der Waals surface area contributed by atoms with Gasteiger partial charge in [-0.15, -0.1) is 10.2 Å². The largest absolute Gasteiger partial charge is 0.310 e. The molecule has 2 aromatic rings. The second-order valence-corrected chi connectivity index (χ2v) is 5.52. The summed E-state index contributed by atoms with van der Waals surface area (Å²) in [6, 6.07) is 16.4. The van der Waals surface area contributed by atoms with E-state index in [9.17, 15) is 0 Å². The molecule has 0 atom stereocenters. The minimum atomic E-state index is 0.815. The van der Waals surface area contributed by atoms with Gasteiger partial charge in [0, 0.05) is 14.1 Å². The van der Waals surface area contributed by atoms with Crippen molar-refractivity contribution in [3.05, 3.63) is 48.5 Å². The highest BCUT2D eigenvalue weighted by molar-refractivity contribution is 6.24. The molecule has 3 aliphatic heterocycles. The molecule has 0 spiro atoms. The standard InChI is InChI=1S/C16H14N6/c1-19-11-7-3-5-9-13(11)21-15(19)17-22-14-10-6-4-8-12(14)20(2)16(22)18-21/h3-10H,1-2H3. The van der Waals surface area contributed by atoms with E-state index < -0.39 is 0 Å². The van der Waals surface area contributed by atoms with Crippen molar-refractivity contribution in [2.75, 3.05) is 33.9 Å². The maximum absolute atomic E-state index is 4.82. The molecule has 6 nitrogen and oxygen atoms in total. The van der Waals surface area contributed by atoms with Gasteiger partial charge in [-0.3, -0.25) is 0 Å². The van der Waals surface area contributed by atoms with Gasteiger partial charge < -0.3 is 9.80 Å². The van der Waals surface area contributed by atoms with Crippen LogP contribution in [0.15, 0.2) is 58.7 Å². The third-order valence-corrected chi connectivity index (χ3v) is 4.30. The van der Waals surface area contributed by atoms with Crippen LogP contribution in [0.2, 0.25) is 0 Å². The van der Waals surface area contributed by atoms with Crippen molar-refractivity contribution in [2.45, 2.75) is 0 Å². The summed E-state index contributed by atoms with van der Waals surface area (Å²) < 4.78 is 0. The summed E-state index contributed by atoms with van der Waals surface area (Å²) in [5.41, 5.74) is 4.34. The maximum atomic E-state index is 4.82. The number of hydrogen-bond donors (Lipinski definition) is 0. The number of hydrogen-bond acceptors (Lipinski definition) is 6. The summed E-state index contributed by atoms with van der Waals surface area (Å²) in [5, 5.41) is 13.5. The summed E-state index contributed by atoms with van der Waals surface area (Å²) >= 11 is 0. The second-order valence-electron chi connectivity index (χ2n) is 5.52. The molecule has 0 N–H and O–H groups in total. The van der Waals surface area contributed by atoms with Gasteiger partial charge in [-0.25, -0.2) is 0 Å². The Morgan fingerprint density at radius 2 is 0.955 bits per heavy atom. The number of fused-ring (bicyclic) bond motifs is 6. The lowest BCUT2D eigenvalue weighted by atomic mass is 10.3. The zero-order chi connectivity index (χ0) is 14.8. The van der Waals surface area contributed by atoms with Crippen molar-refractivity contribution >= 4 is 34.7 Å². The van der Waals surface area contributed by atoms with E-state index in [0.717, 1.165) is 34.7 Å². The minimum absolute atomic E-state index is 0.815. The molecule has 5 rings (SSSR count). The fourth-order valence-electron chi connectivity index (χ4n) is 3.16. The van der Waals surface area contributed by atoms with Gasteiger partial charge in [0.2, 0.25) is 11.9 Å². The zero-order valence-electron chi connectivity index (χ0n) is 12.3. The molecule has 0 aromatic heterocycles. The maximum Gasteiger partial charge on any atom is 0.249 e. The van der Waals surface area contributed by atoms with E-state index in [0.29, 0.717) is 0 Å². The molecule has 0 bridgehead atoms. The van der Waals surface area contributed by atoms with E-state index in [-0.39, 0.29) is 0 Å². The van der Waals surface area contributed by atoms with Gasteiger partial charge in [0.05, 0.1) is 22.7 Å². The van der Waals surface area contributed by atoms with Crippen LogP contribution in [0.3, 0.4) is 0 Å². The van der Waals surface area contributed by atoms with Crippen molar-refractivity contribution in [3.8, 4) is 0 Å². The molecule has 0 fully saturated rings. The number of para-hydroxylation sites is 4. The first-order chi connectivity index (χ1) is 10.8. The topological polar surface area (TPSA) is 37.7 Å². The van der Waals surface area contributed by atoms with Crippen molar-refractivity contribution in [1.82, 2.24) is 0 Å². The third-order valence-electron chi connectivity index (χ3n) is 4.30. The van der Waals surface area contributed by atoms with Gasteiger partial charge in [-0.1, -0.05) is 24.3 Å². The number of hydrazone groups is 2. The number of rotatable bonds is 0. The molecular formula is C16H14N6. The summed E-state index contributed by atoms with van der Waals surface area (Å²) in [5.74, 6) is 1.63. The molecule has 0 saturated carbocycles. The first kappa shape index (κ1) is 11.6. The summed E-state index contributed by atoms with van der Waals surface area (Å²) in [6.07, 6.45) is 0. The average Bonchev–Trinajstić information content (AvgIpc) is 3.01. The normalized spacial score (nSPS) is 17.7. The molecule has 3 heterocycles. The smallest absolute Gasteiger partial charge is 0.249 e. The molecule has 0 radical (unpaired) electrons. The van der Waals surface area contributed by atoms with Crippen LogP contribution in [0.25, 0.3) is 0 Å². The molecule has 0 unspecified atom stereocenters. The Hall–Kier alpha value is -3.02. The van der Waals surface area contributed by atoms with E-state index in [1.54, 1.807) is 0 Å². The lowest BCUT2D eigenvalue weighted by Gasteiger charge is -2.27. The van der Waals surface area contributed by atoms with E-state index in [1.807, 2.05) is 48.4 Å². The number of guanidine groups is 2. The van der Waals surface area contributed by atoms with E-state index >= 15 is 0 Å². The molecule has 0 amide bonds. The molecule has 22 heavy (non-hydrogen) atoms. The van der Waals surface area contributed by atoms with Gasteiger partial charge >= 0.3 is 0 Å². The van der Waals surface area contributed by atoms with E-state index in [4.69, 9.17) is 10.2 Å². The predicted octanol–water partition coefficient (Wildman–Crippen LogP) is 2.45. The van der Waals surface area contributed by atoms with Gasteiger partial charge in [0.25, 0.3) is 0 Å². The van der Waals surface area contributed by atoms with Crippen LogP contribution >= 0.6 is 0 Å². The Bertz CT molecular complexity index is 784. The second kappa shape index (κ2) is 3.79. The van der Waals surface area contributed by atoms with E-state index in [2.05, 4.69) is 34.1 Å². The third kappa shape index (κ3) is 1.25. The molecule has 0 aliphatic carbocycles. The molecular weight excluding hydrogens is 276 g/mol. The molecule has 108 valence electrons. The van der Waals surface area contributed by atoms with Gasteiger partial charge in [-0.2, -0.15) is 10.0 Å². The van der Waals surface area contributed by atoms with Crippen LogP contribution < -0.4 is 19.8 Å². The van der Waals surface area contributed by atoms with Crippen molar-refractivity contribution in [1.29, 1.82) is 0 Å². The monoisotopic (exact) mass is 290 g/mol. The average molecular weight is 290 g/mol. The fraction of sp³-hybridized carbons (Fsp3) is 0.125. The quantitative estimate of drug-likeness (QED) is 0.747. The minimum Gasteiger partial charge on any atom is -0.310 e. The number of benzene rings is 2. The highest BCUT2D eigenvalue weighted by Gasteiger charge is 2.40. The Morgan fingerprint density at radius 3 is 1.36 bits per heavy atom. The predicted molar refractivity (Wildman–Crippen MR) is 89.5 cm³/mol. The summed E-state index contributed by atoms with van der Waals surface area (Å²) in [7, 11) is 4.04. The number of nitrogens with zero attached hydrogens (tertiary/aromatic N) is 6. The SMILES string of the molecule is CN1C2=NN3C(=NN2c2ccccc21)N(C)c1ccccc13. The van der Waals surface area contributed by atoms with Crippen molar-refractivity contribution in [3.63, 3.8) is 0 Å². The highest BCUT2D eigenvalue weighted by atomic mass is 15.7. The number of anilines is 4. The molecule has 6 heteroatoms. The van der Waals surface area contributed by atoms with Crippen molar-refractivity contribution < 1.29 is 0 Å². The molecule has 0 saturated heterocycles. The van der Waals surface area contributed by atoms with Gasteiger partial charge in [-0.05, 0) is 24.3 Å². The Balaban J connectivity index is 1.71. The Labute approximate surface area is 128 Å². The Morgan fingerprint density at radius 1 is 0.591 bits per heavy atom. The van der Waals surface area contributed by atoms with Crippen LogP contribution in [0.1, 0.15) is 0 Å². The Kier molecular flexibility index (Phi) is 2.00. The van der Waals surface area contributed by atoms with Gasteiger partial charge in [0.1, 0.15) is 0 Å². The van der Waals surface area contributed by atoms with Crippen LogP contribution in [0.5, 0.6) is 0 Å². The zero-order valence-corrected chi connectivity index (χ0v) is 12.3. The van der Waals surface area contributed by atoms with E-state index in [1.165, 1.54) is 0 Å². The summed E-state index contributed by atoms with van der Waals surface area (Å²) in [6.45, 7) is 0. The lowest BCUT2D eigenvalue weighted by Crippen LogP contribution is -2.45. The highest BCUT2D eigenvalue weighted by Crippen LogP contribution is 2.42. The summed E-state index contributed by atoms with van der Waals surface area (Å²) in [4.78, 5) is 4.13. The van der Waals surface area contributed by atoms with Crippen LogP contribution in [-0.2, 0) is 0 Å². The molecule has 3 aliphatic rings. The first-order valence-corrected chi connectivity index (χ1v) is 7.19. The first-order valence-electron chi connectivity index (χ1n) is 7.19. The van der Waals surface area contributed by atoms with Crippen LogP contribution in [0.4, 0.5) is 22.7 Å². The van der Waals surface area contributed by atoms with Crippen LogP contribution in [0, 0.1) is 0 Å². The van der Waals surface area contributed by atoms with Crippen LogP contribution in [-0.4, -0.2) is 26.0 Å². The molecule has 2 aromatic carbocycles. The fourth-order valence-corrected chi connectivity index (χ4v) is 3.16.